The molecule has 1 aliphatic heterocycles. The Bertz CT molecular complexity index is 2360. The largest absolute Gasteiger partial charge is 0.550 e. The van der Waals surface area contributed by atoms with Crippen LogP contribution in [-0.2, 0) is 62.4 Å². The fraction of sp³-hybridized carbons (Fsp3) is 0.296. The fourth-order valence-electron chi connectivity index (χ4n) is 7.82. The van der Waals surface area contributed by atoms with Crippen LogP contribution in [-0.4, -0.2) is 45.8 Å². The Kier molecular flexibility index (Phi) is 17.1. The lowest BCUT2D eigenvalue weighted by Gasteiger charge is -2.36. The molecule has 0 atom stereocenters. The first-order valence-electron chi connectivity index (χ1n) is 21.9. The van der Waals surface area contributed by atoms with Crippen molar-refractivity contribution in [1.82, 2.24) is 0 Å². The molecule has 0 bridgehead atoms. The molecule has 7 rings (SSSR count). The second-order valence-corrected chi connectivity index (χ2v) is 15.6. The molecule has 0 radical (unpaired) electrons. The number of rotatable bonds is 20. The molecule has 1 aliphatic rings. The summed E-state index contributed by atoms with van der Waals surface area (Å²) in [6, 6.07) is 46.4. The van der Waals surface area contributed by atoms with E-state index in [1.807, 2.05) is 66.7 Å². The molecule has 0 saturated heterocycles. The van der Waals surface area contributed by atoms with Gasteiger partial charge in [-0.2, -0.15) is 0 Å². The Morgan fingerprint density at radius 1 is 0.594 bits per heavy atom. The average Bonchev–Trinajstić information content (AvgIpc) is 3.34. The van der Waals surface area contributed by atoms with Gasteiger partial charge in [-0.25, -0.2) is 0 Å². The molecule has 0 aliphatic carbocycles. The fourth-order valence-corrected chi connectivity index (χ4v) is 7.82. The lowest BCUT2D eigenvalue weighted by Crippen LogP contribution is -3.11. The van der Waals surface area contributed by atoms with Crippen LogP contribution in [0.1, 0.15) is 78.1 Å². The number of hydrogen-bond acceptors (Lipinski definition) is 9. The highest BCUT2D eigenvalue weighted by Crippen LogP contribution is 2.43. The van der Waals surface area contributed by atoms with Gasteiger partial charge in [0.1, 0.15) is 36.1 Å². The number of carbonyl (C=O) groups excluding carboxylic acids is 2. The Labute approximate surface area is 377 Å². The van der Waals surface area contributed by atoms with Gasteiger partial charge in [0.25, 0.3) is 0 Å². The van der Waals surface area contributed by atoms with Gasteiger partial charge < -0.3 is 43.2 Å². The van der Waals surface area contributed by atoms with Crippen molar-refractivity contribution in [3.8, 4) is 28.4 Å². The number of carboxylic acids is 1. The maximum Gasteiger partial charge on any atom is 0.306 e. The first kappa shape index (κ1) is 47.0. The van der Waals surface area contributed by atoms with Gasteiger partial charge in [0.05, 0.1) is 60.1 Å². The molecule has 0 unspecified atom stereocenters. The molecular formula is C54H59NO9. The minimum atomic E-state index is -1.28. The summed E-state index contributed by atoms with van der Waals surface area (Å²) >= 11 is 0. The van der Waals surface area contributed by atoms with Gasteiger partial charge in [-0.1, -0.05) is 103 Å². The number of ether oxygens (including phenoxy) is 6. The Morgan fingerprint density at radius 2 is 1.14 bits per heavy atom. The zero-order valence-electron chi connectivity index (χ0n) is 37.5. The van der Waals surface area contributed by atoms with Gasteiger partial charge >= 0.3 is 5.97 Å². The predicted molar refractivity (Wildman–Crippen MR) is 245 cm³/mol. The highest BCUT2D eigenvalue weighted by atomic mass is 16.5. The summed E-state index contributed by atoms with van der Waals surface area (Å²) in [6.07, 6.45) is -0.577. The summed E-state index contributed by atoms with van der Waals surface area (Å²) in [5.41, 5.74) is 8.91. The summed E-state index contributed by atoms with van der Waals surface area (Å²) in [4.78, 5) is 24.1. The number of quaternary nitrogens is 1. The van der Waals surface area contributed by atoms with E-state index in [0.29, 0.717) is 26.4 Å². The minimum absolute atomic E-state index is 0.0579. The molecule has 6 aromatic carbocycles. The summed E-state index contributed by atoms with van der Waals surface area (Å²) in [6.45, 7) is 12.1. The molecule has 10 nitrogen and oxygen atoms in total. The number of methoxy groups -OCH3 is 2. The van der Waals surface area contributed by atoms with Crippen LogP contribution in [0.15, 0.2) is 140 Å². The van der Waals surface area contributed by atoms with Crippen LogP contribution in [0.25, 0.3) is 11.1 Å². The second kappa shape index (κ2) is 23.3. The van der Waals surface area contributed by atoms with Crippen LogP contribution in [0.3, 0.4) is 0 Å². The molecular weight excluding hydrogens is 807 g/mol. The third-order valence-corrected chi connectivity index (χ3v) is 11.5. The number of carboxylic acid groups (broad SMARTS) is 1. The van der Waals surface area contributed by atoms with E-state index in [-0.39, 0.29) is 19.4 Å². The van der Waals surface area contributed by atoms with Gasteiger partial charge in [-0.3, -0.25) is 4.79 Å². The van der Waals surface area contributed by atoms with Crippen LogP contribution >= 0.6 is 0 Å². The highest BCUT2D eigenvalue weighted by Gasteiger charge is 2.38. The van der Waals surface area contributed by atoms with E-state index in [2.05, 4.69) is 93.6 Å². The topological polar surface area (TPSA) is 117 Å². The number of benzene rings is 6. The SMILES string of the molecule is CC[NH+](CC)CC.COc1ccc(C(OCc2ccc3c(c2)OCc2cc(COCc4cccc(COC(=O)CCC(=O)[O-])c4)ccc2-3)(c2ccccc2)c2ccc(OC)cc2)cc1. The number of aliphatic carboxylic acids is 1. The molecule has 1 heterocycles. The number of carbonyl (C=O) groups is 2. The minimum Gasteiger partial charge on any atom is -0.550 e. The number of nitrogens with one attached hydrogen (secondary N) is 1. The Hall–Kier alpha value is -6.46. The number of hydrogen-bond donors (Lipinski definition) is 1. The van der Waals surface area contributed by atoms with Crippen LogP contribution < -0.4 is 24.2 Å². The maximum absolute atomic E-state index is 11.8. The predicted octanol–water partition coefficient (Wildman–Crippen LogP) is 7.99. The van der Waals surface area contributed by atoms with Crippen LogP contribution in [0.2, 0.25) is 0 Å². The van der Waals surface area contributed by atoms with Crippen molar-refractivity contribution in [2.45, 2.75) is 72.2 Å². The van der Waals surface area contributed by atoms with Gasteiger partial charge in [0, 0.05) is 11.5 Å². The number of esters is 1. The number of fused-ring (bicyclic) bond motifs is 3. The molecule has 1 N–H and O–H groups in total. The van der Waals surface area contributed by atoms with Crippen molar-refractivity contribution in [2.24, 2.45) is 0 Å². The van der Waals surface area contributed by atoms with Crippen molar-refractivity contribution in [1.29, 1.82) is 0 Å². The van der Waals surface area contributed by atoms with E-state index in [4.69, 9.17) is 28.4 Å². The summed E-state index contributed by atoms with van der Waals surface area (Å²) in [5.74, 6) is 0.469. The van der Waals surface area contributed by atoms with Crippen LogP contribution in [0.4, 0.5) is 0 Å². The van der Waals surface area contributed by atoms with Crippen molar-refractivity contribution in [2.75, 3.05) is 33.9 Å². The van der Waals surface area contributed by atoms with E-state index < -0.39 is 17.5 Å². The first-order valence-corrected chi connectivity index (χ1v) is 21.9. The molecule has 6 aromatic rings. The van der Waals surface area contributed by atoms with Gasteiger partial charge in [-0.15, -0.1) is 0 Å². The van der Waals surface area contributed by atoms with E-state index >= 15 is 0 Å². The molecule has 334 valence electrons. The van der Waals surface area contributed by atoms with E-state index in [1.54, 1.807) is 19.1 Å². The van der Waals surface area contributed by atoms with Crippen molar-refractivity contribution >= 4 is 11.9 Å². The molecule has 0 saturated carbocycles. The molecule has 0 spiro atoms. The third-order valence-electron chi connectivity index (χ3n) is 11.5. The lowest BCUT2D eigenvalue weighted by molar-refractivity contribution is -0.894. The maximum atomic E-state index is 11.8. The highest BCUT2D eigenvalue weighted by molar-refractivity contribution is 5.76. The summed E-state index contributed by atoms with van der Waals surface area (Å²) in [5, 5.41) is 10.6. The zero-order chi connectivity index (χ0) is 45.3. The van der Waals surface area contributed by atoms with Crippen LogP contribution in [0, 0.1) is 0 Å². The standard InChI is InChI=1S/C48H44O9.C6H15N/c1-52-41-17-13-39(14-18-41)48(38-9-4-3-5-10-38,40-15-19-42(53-2)20-16-40)57-31-36-12-22-44-43-21-11-35(26-37(43)32-55-45(44)27-36)29-54-28-33-7-6-8-34(25-33)30-56-47(51)24-23-46(49)50;1-4-7(5-2)6-3/h3-22,25-27H,23-24,28-32H2,1-2H3,(H,49,50);4-6H2,1-3H3. The van der Waals surface area contributed by atoms with E-state index in [0.717, 1.165) is 72.9 Å². The van der Waals surface area contributed by atoms with Crippen molar-refractivity contribution in [3.05, 3.63) is 184 Å². The third kappa shape index (κ3) is 12.2. The monoisotopic (exact) mass is 865 g/mol. The Balaban J connectivity index is 0.000000898. The van der Waals surface area contributed by atoms with E-state index in [1.165, 1.54) is 19.6 Å². The van der Waals surface area contributed by atoms with Crippen LogP contribution in [0.5, 0.6) is 17.2 Å². The smallest absolute Gasteiger partial charge is 0.306 e. The van der Waals surface area contributed by atoms with Crippen molar-refractivity contribution in [3.63, 3.8) is 0 Å². The normalized spacial score (nSPS) is 11.7. The Morgan fingerprint density at radius 3 is 1.70 bits per heavy atom. The second-order valence-electron chi connectivity index (χ2n) is 15.6. The van der Waals surface area contributed by atoms with Crippen molar-refractivity contribution < 1.29 is 48.0 Å². The van der Waals surface area contributed by atoms with Gasteiger partial charge in [-0.05, 0) is 114 Å². The quantitative estimate of drug-likeness (QED) is 0.0602. The molecule has 10 heteroatoms. The summed E-state index contributed by atoms with van der Waals surface area (Å²) in [7, 11) is 3.32. The molecule has 0 amide bonds. The van der Waals surface area contributed by atoms with E-state index in [9.17, 15) is 14.7 Å². The van der Waals surface area contributed by atoms with Gasteiger partial charge in [0.15, 0.2) is 0 Å². The van der Waals surface area contributed by atoms with Gasteiger partial charge in [0.2, 0.25) is 0 Å². The molecule has 0 fully saturated rings. The lowest BCUT2D eigenvalue weighted by atomic mass is 9.80. The summed E-state index contributed by atoms with van der Waals surface area (Å²) < 4.78 is 35.7. The first-order chi connectivity index (χ1) is 31.2. The molecule has 64 heavy (non-hydrogen) atoms. The molecule has 0 aromatic heterocycles. The zero-order valence-corrected chi connectivity index (χ0v) is 37.5. The average molecular weight is 866 g/mol.